The Balaban J connectivity index is 2.10. The van der Waals surface area contributed by atoms with Gasteiger partial charge in [0.1, 0.15) is 11.6 Å². The zero-order valence-electron chi connectivity index (χ0n) is 11.4. The smallest absolute Gasteiger partial charge is 0.291 e. The third-order valence-electron chi connectivity index (χ3n) is 2.82. The largest absolute Gasteiger partial charge is 0.496 e. The molecule has 106 valence electrons. The number of aryl methyl sites for hydroxylation is 1. The molecule has 1 aromatic heterocycles. The highest BCUT2D eigenvalue weighted by molar-refractivity contribution is 9.10. The van der Waals surface area contributed by atoms with Gasteiger partial charge < -0.3 is 10.1 Å². The van der Waals surface area contributed by atoms with E-state index in [1.54, 1.807) is 14.0 Å². The van der Waals surface area contributed by atoms with Crippen molar-refractivity contribution in [3.63, 3.8) is 0 Å². The molecule has 1 atom stereocenters. The molecule has 0 spiro atoms. The number of halogens is 1. The Morgan fingerprint density at radius 3 is 2.80 bits per heavy atom. The predicted molar refractivity (Wildman–Crippen MR) is 77.7 cm³/mol. The van der Waals surface area contributed by atoms with Crippen LogP contribution in [0.15, 0.2) is 22.7 Å². The van der Waals surface area contributed by atoms with Crippen molar-refractivity contribution in [1.82, 2.24) is 20.5 Å². The molecule has 20 heavy (non-hydrogen) atoms. The lowest BCUT2D eigenvalue weighted by Gasteiger charge is -2.14. The quantitative estimate of drug-likeness (QED) is 0.896. The second-order valence-corrected chi connectivity index (χ2v) is 5.19. The second kappa shape index (κ2) is 6.04. The van der Waals surface area contributed by atoms with Crippen LogP contribution in [0.5, 0.6) is 5.75 Å². The van der Waals surface area contributed by atoms with Gasteiger partial charge in [0.2, 0.25) is 5.82 Å². The van der Waals surface area contributed by atoms with Crippen molar-refractivity contribution in [2.24, 2.45) is 0 Å². The van der Waals surface area contributed by atoms with Crippen LogP contribution in [0.25, 0.3) is 0 Å². The first-order valence-corrected chi connectivity index (χ1v) is 6.84. The molecule has 1 unspecified atom stereocenters. The number of rotatable bonds is 4. The molecular weight excluding hydrogens is 324 g/mol. The third kappa shape index (κ3) is 3.16. The zero-order chi connectivity index (χ0) is 14.7. The number of carbonyl (C=O) groups excluding carboxylic acids is 1. The maximum absolute atomic E-state index is 12.0. The minimum Gasteiger partial charge on any atom is -0.496 e. The van der Waals surface area contributed by atoms with E-state index in [4.69, 9.17) is 4.74 Å². The van der Waals surface area contributed by atoms with Gasteiger partial charge in [0.25, 0.3) is 5.91 Å². The first kappa shape index (κ1) is 14.5. The van der Waals surface area contributed by atoms with Crippen LogP contribution < -0.4 is 10.1 Å². The van der Waals surface area contributed by atoms with Gasteiger partial charge in [-0.05, 0) is 47.5 Å². The summed E-state index contributed by atoms with van der Waals surface area (Å²) in [6.07, 6.45) is 0. The number of amides is 1. The fraction of sp³-hybridized carbons (Fsp3) is 0.308. The van der Waals surface area contributed by atoms with Crippen LogP contribution in [-0.2, 0) is 0 Å². The van der Waals surface area contributed by atoms with Crippen molar-refractivity contribution in [2.45, 2.75) is 19.9 Å². The number of methoxy groups -OCH3 is 1. The summed E-state index contributed by atoms with van der Waals surface area (Å²) >= 11 is 3.42. The fourth-order valence-corrected chi connectivity index (χ4v) is 2.30. The molecule has 0 aliphatic rings. The molecular formula is C13H15BrN4O2. The maximum Gasteiger partial charge on any atom is 0.291 e. The Labute approximate surface area is 125 Å². The summed E-state index contributed by atoms with van der Waals surface area (Å²) in [4.78, 5) is 16.0. The van der Waals surface area contributed by atoms with E-state index in [-0.39, 0.29) is 17.8 Å². The van der Waals surface area contributed by atoms with Crippen LogP contribution in [0.1, 0.15) is 35.0 Å². The van der Waals surface area contributed by atoms with Crippen molar-refractivity contribution in [3.05, 3.63) is 39.9 Å². The van der Waals surface area contributed by atoms with E-state index in [9.17, 15) is 4.79 Å². The van der Waals surface area contributed by atoms with Crippen LogP contribution in [0.3, 0.4) is 0 Å². The molecule has 1 heterocycles. The molecule has 2 aromatic rings. The molecule has 0 aliphatic carbocycles. The number of nitrogens with one attached hydrogen (secondary N) is 2. The lowest BCUT2D eigenvalue weighted by Crippen LogP contribution is -2.27. The van der Waals surface area contributed by atoms with Crippen molar-refractivity contribution >= 4 is 21.8 Å². The van der Waals surface area contributed by atoms with Gasteiger partial charge in [-0.15, -0.1) is 5.10 Å². The Bertz CT molecular complexity index is 627. The topological polar surface area (TPSA) is 79.9 Å². The van der Waals surface area contributed by atoms with Crippen LogP contribution in [0.4, 0.5) is 0 Å². The highest BCUT2D eigenvalue weighted by Gasteiger charge is 2.16. The van der Waals surface area contributed by atoms with Gasteiger partial charge in [-0.3, -0.25) is 9.89 Å². The van der Waals surface area contributed by atoms with Gasteiger partial charge in [0, 0.05) is 0 Å². The van der Waals surface area contributed by atoms with Gasteiger partial charge in [-0.2, -0.15) is 0 Å². The van der Waals surface area contributed by atoms with Crippen molar-refractivity contribution in [2.75, 3.05) is 7.11 Å². The molecule has 1 amide bonds. The number of benzene rings is 1. The Morgan fingerprint density at radius 1 is 1.50 bits per heavy atom. The van der Waals surface area contributed by atoms with E-state index < -0.39 is 0 Å². The zero-order valence-corrected chi connectivity index (χ0v) is 13.0. The maximum atomic E-state index is 12.0. The van der Waals surface area contributed by atoms with E-state index in [2.05, 4.69) is 36.4 Å². The summed E-state index contributed by atoms with van der Waals surface area (Å²) in [5.74, 6) is 1.18. The molecule has 0 aliphatic heterocycles. The fourth-order valence-electron chi connectivity index (χ4n) is 1.74. The standard InChI is InChI=1S/C13H15BrN4O2/c1-7(9-4-5-11(20-3)10(14)6-9)15-13(19)12-16-8(2)17-18-12/h4-7H,1-3H3,(H,15,19)(H,16,17,18). The SMILES string of the molecule is COc1ccc(C(C)NC(=O)c2n[nH]c(C)n2)cc1Br. The van der Waals surface area contributed by atoms with E-state index in [1.807, 2.05) is 25.1 Å². The minimum absolute atomic E-state index is 0.141. The molecule has 0 radical (unpaired) electrons. The summed E-state index contributed by atoms with van der Waals surface area (Å²) in [5, 5.41) is 9.32. The van der Waals surface area contributed by atoms with E-state index in [0.29, 0.717) is 5.82 Å². The van der Waals surface area contributed by atoms with E-state index >= 15 is 0 Å². The lowest BCUT2D eigenvalue weighted by molar-refractivity contribution is 0.0929. The molecule has 0 saturated heterocycles. The summed E-state index contributed by atoms with van der Waals surface area (Å²) < 4.78 is 6.01. The number of H-pyrrole nitrogens is 1. The third-order valence-corrected chi connectivity index (χ3v) is 3.44. The lowest BCUT2D eigenvalue weighted by atomic mass is 10.1. The number of aromatic nitrogens is 3. The number of nitrogens with zero attached hydrogens (tertiary/aromatic N) is 2. The molecule has 7 heteroatoms. The number of hydrogen-bond acceptors (Lipinski definition) is 4. The van der Waals surface area contributed by atoms with Gasteiger partial charge in [-0.1, -0.05) is 6.07 Å². The van der Waals surface area contributed by atoms with Crippen LogP contribution in [0.2, 0.25) is 0 Å². The molecule has 6 nitrogen and oxygen atoms in total. The van der Waals surface area contributed by atoms with Gasteiger partial charge in [0.15, 0.2) is 0 Å². The average molecular weight is 339 g/mol. The summed E-state index contributed by atoms with van der Waals surface area (Å²) in [6.45, 7) is 3.64. The Morgan fingerprint density at radius 2 is 2.25 bits per heavy atom. The molecule has 0 fully saturated rings. The number of ether oxygens (including phenoxy) is 1. The highest BCUT2D eigenvalue weighted by Crippen LogP contribution is 2.27. The predicted octanol–water partition coefficient (Wildman–Crippen LogP) is 2.38. The average Bonchev–Trinajstić information content (AvgIpc) is 2.85. The number of carbonyl (C=O) groups is 1. The molecule has 1 aromatic carbocycles. The molecule has 2 N–H and O–H groups in total. The van der Waals surface area contributed by atoms with Gasteiger partial charge >= 0.3 is 0 Å². The van der Waals surface area contributed by atoms with Crippen molar-refractivity contribution in [3.8, 4) is 5.75 Å². The normalized spacial score (nSPS) is 12.0. The van der Waals surface area contributed by atoms with Crippen LogP contribution >= 0.6 is 15.9 Å². The van der Waals surface area contributed by atoms with Gasteiger partial charge in [-0.25, -0.2) is 4.98 Å². The van der Waals surface area contributed by atoms with Crippen LogP contribution in [0, 0.1) is 6.92 Å². The first-order chi connectivity index (χ1) is 9.51. The monoisotopic (exact) mass is 338 g/mol. The Hall–Kier alpha value is -1.89. The summed E-state index contributed by atoms with van der Waals surface area (Å²) in [6, 6.07) is 5.49. The van der Waals surface area contributed by atoms with Crippen molar-refractivity contribution < 1.29 is 9.53 Å². The first-order valence-electron chi connectivity index (χ1n) is 6.04. The highest BCUT2D eigenvalue weighted by atomic mass is 79.9. The minimum atomic E-state index is -0.311. The number of hydrogen-bond donors (Lipinski definition) is 2. The summed E-state index contributed by atoms with van der Waals surface area (Å²) in [7, 11) is 1.61. The molecule has 2 rings (SSSR count). The van der Waals surface area contributed by atoms with E-state index in [0.717, 1.165) is 15.8 Å². The van der Waals surface area contributed by atoms with Crippen LogP contribution in [-0.4, -0.2) is 28.2 Å². The van der Waals surface area contributed by atoms with E-state index in [1.165, 1.54) is 0 Å². The summed E-state index contributed by atoms with van der Waals surface area (Å²) in [5.41, 5.74) is 0.957. The second-order valence-electron chi connectivity index (χ2n) is 4.33. The molecule has 0 saturated carbocycles. The van der Waals surface area contributed by atoms with Gasteiger partial charge in [0.05, 0.1) is 17.6 Å². The number of aromatic amines is 1. The van der Waals surface area contributed by atoms with Crippen molar-refractivity contribution in [1.29, 1.82) is 0 Å². The Kier molecular flexibility index (Phi) is 4.39. The molecule has 0 bridgehead atoms.